The van der Waals surface area contributed by atoms with E-state index >= 15 is 0 Å². The van der Waals surface area contributed by atoms with Crippen LogP contribution in [0.1, 0.15) is 6.42 Å². The van der Waals surface area contributed by atoms with Crippen LogP contribution in [0.2, 0.25) is 5.02 Å². The number of hydrogen-bond donors (Lipinski definition) is 3. The van der Waals surface area contributed by atoms with Gasteiger partial charge >= 0.3 is 0 Å². The number of nitrogens with two attached hydrogens (primary N) is 1. The fourth-order valence-electron chi connectivity index (χ4n) is 1.05. The second-order valence-electron chi connectivity index (χ2n) is 3.38. The largest absolute Gasteiger partial charge is 0.484 e. The number of benzene rings is 1. The Labute approximate surface area is 109 Å². The molecule has 0 aliphatic rings. The standard InChI is InChI=1S/C11H14ClN3O3/c12-8-1-3-9(4-2-8)18-7-11(17)15-14-10(16)5-6-13/h1-4H,5-7,13H2,(H,14,16)(H,15,17). The molecule has 0 aromatic heterocycles. The van der Waals surface area contributed by atoms with E-state index in [4.69, 9.17) is 22.1 Å². The Morgan fingerprint density at radius 1 is 1.17 bits per heavy atom. The summed E-state index contributed by atoms with van der Waals surface area (Å²) in [7, 11) is 0. The van der Waals surface area contributed by atoms with Crippen molar-refractivity contribution in [1.29, 1.82) is 0 Å². The molecule has 0 fully saturated rings. The molecule has 2 amide bonds. The molecule has 0 spiro atoms. The number of carbonyl (C=O) groups excluding carboxylic acids is 2. The average molecular weight is 272 g/mol. The number of hydrogen-bond acceptors (Lipinski definition) is 4. The SMILES string of the molecule is NCCC(=O)NNC(=O)COc1ccc(Cl)cc1. The van der Waals surface area contributed by atoms with E-state index in [-0.39, 0.29) is 25.5 Å². The fourth-order valence-corrected chi connectivity index (χ4v) is 1.17. The molecule has 0 aliphatic heterocycles. The van der Waals surface area contributed by atoms with Crippen LogP contribution in [0, 0.1) is 0 Å². The molecule has 0 heterocycles. The third kappa shape index (κ3) is 5.51. The quantitative estimate of drug-likeness (QED) is 0.668. The van der Waals surface area contributed by atoms with E-state index in [0.717, 1.165) is 0 Å². The normalized spacial score (nSPS) is 9.67. The Hall–Kier alpha value is -1.79. The molecule has 18 heavy (non-hydrogen) atoms. The van der Waals surface area contributed by atoms with Gasteiger partial charge in [-0.05, 0) is 24.3 Å². The first-order valence-electron chi connectivity index (χ1n) is 5.28. The predicted octanol–water partition coefficient (Wildman–Crippen LogP) is 0.215. The lowest BCUT2D eigenvalue weighted by Crippen LogP contribution is -2.44. The molecule has 4 N–H and O–H groups in total. The summed E-state index contributed by atoms with van der Waals surface area (Å²) in [5.74, 6) is -0.296. The Bertz CT molecular complexity index is 408. The van der Waals surface area contributed by atoms with Crippen LogP contribution in [0.25, 0.3) is 0 Å². The molecule has 6 nitrogen and oxygen atoms in total. The van der Waals surface area contributed by atoms with Gasteiger partial charge in [-0.25, -0.2) is 0 Å². The first-order chi connectivity index (χ1) is 8.61. The lowest BCUT2D eigenvalue weighted by atomic mass is 10.3. The molecule has 0 aliphatic carbocycles. The Kier molecular flexibility index (Phi) is 5.96. The van der Waals surface area contributed by atoms with Crippen LogP contribution < -0.4 is 21.3 Å². The Morgan fingerprint density at radius 2 is 1.78 bits per heavy atom. The van der Waals surface area contributed by atoms with Crippen LogP contribution >= 0.6 is 11.6 Å². The summed E-state index contributed by atoms with van der Waals surface area (Å²) in [6.07, 6.45) is 0.151. The minimum atomic E-state index is -0.463. The van der Waals surface area contributed by atoms with Gasteiger partial charge in [0, 0.05) is 18.0 Å². The van der Waals surface area contributed by atoms with Gasteiger partial charge < -0.3 is 10.5 Å². The van der Waals surface area contributed by atoms with Crippen molar-refractivity contribution in [3.8, 4) is 5.75 Å². The smallest absolute Gasteiger partial charge is 0.276 e. The van der Waals surface area contributed by atoms with Crippen molar-refractivity contribution >= 4 is 23.4 Å². The zero-order chi connectivity index (χ0) is 13.4. The number of ether oxygens (including phenoxy) is 1. The van der Waals surface area contributed by atoms with Crippen LogP contribution in [0.15, 0.2) is 24.3 Å². The van der Waals surface area contributed by atoms with Gasteiger partial charge in [0.1, 0.15) is 5.75 Å². The van der Waals surface area contributed by atoms with E-state index in [1.54, 1.807) is 24.3 Å². The predicted molar refractivity (Wildman–Crippen MR) is 66.9 cm³/mol. The van der Waals surface area contributed by atoms with E-state index in [1.807, 2.05) is 0 Å². The highest BCUT2D eigenvalue weighted by molar-refractivity contribution is 6.30. The minimum Gasteiger partial charge on any atom is -0.484 e. The maximum atomic E-state index is 11.3. The number of rotatable bonds is 5. The first-order valence-corrected chi connectivity index (χ1v) is 5.65. The van der Waals surface area contributed by atoms with Gasteiger partial charge in [-0.3, -0.25) is 20.4 Å². The summed E-state index contributed by atoms with van der Waals surface area (Å²) < 4.78 is 5.17. The van der Waals surface area contributed by atoms with Gasteiger partial charge in [0.2, 0.25) is 5.91 Å². The zero-order valence-electron chi connectivity index (χ0n) is 9.61. The van der Waals surface area contributed by atoms with E-state index in [0.29, 0.717) is 10.8 Å². The van der Waals surface area contributed by atoms with Crippen molar-refractivity contribution in [3.63, 3.8) is 0 Å². The maximum absolute atomic E-state index is 11.3. The van der Waals surface area contributed by atoms with Crippen molar-refractivity contribution in [2.75, 3.05) is 13.2 Å². The molecule has 98 valence electrons. The van der Waals surface area contributed by atoms with Crippen molar-refractivity contribution in [2.24, 2.45) is 5.73 Å². The number of nitrogens with one attached hydrogen (secondary N) is 2. The Balaban J connectivity index is 2.24. The highest BCUT2D eigenvalue weighted by Gasteiger charge is 2.04. The Morgan fingerprint density at radius 3 is 2.39 bits per heavy atom. The summed E-state index contributed by atoms with van der Waals surface area (Å²) in [6.45, 7) is 0.0213. The highest BCUT2D eigenvalue weighted by atomic mass is 35.5. The molecule has 1 rings (SSSR count). The van der Waals surface area contributed by atoms with Crippen LogP contribution in [-0.4, -0.2) is 25.0 Å². The molecule has 0 bridgehead atoms. The topological polar surface area (TPSA) is 93.5 Å². The van der Waals surface area contributed by atoms with Crippen LogP contribution in [0.4, 0.5) is 0 Å². The number of hydrazine groups is 1. The van der Waals surface area contributed by atoms with Gasteiger partial charge in [-0.1, -0.05) is 11.6 Å². The van der Waals surface area contributed by atoms with Crippen molar-refractivity contribution in [1.82, 2.24) is 10.9 Å². The lowest BCUT2D eigenvalue weighted by Gasteiger charge is -2.08. The molecule has 0 saturated heterocycles. The van der Waals surface area contributed by atoms with Crippen LogP contribution in [-0.2, 0) is 9.59 Å². The minimum absolute atomic E-state index is 0.151. The van der Waals surface area contributed by atoms with Gasteiger partial charge in [-0.15, -0.1) is 0 Å². The van der Waals surface area contributed by atoms with Gasteiger partial charge in [0.25, 0.3) is 5.91 Å². The lowest BCUT2D eigenvalue weighted by molar-refractivity contribution is -0.129. The van der Waals surface area contributed by atoms with Gasteiger partial charge in [-0.2, -0.15) is 0 Å². The third-order valence-corrected chi connectivity index (χ3v) is 2.15. The number of amides is 2. The first kappa shape index (κ1) is 14.3. The van der Waals surface area contributed by atoms with Crippen molar-refractivity contribution in [2.45, 2.75) is 6.42 Å². The summed E-state index contributed by atoms with van der Waals surface area (Å²) in [4.78, 5) is 22.3. The second-order valence-corrected chi connectivity index (χ2v) is 3.81. The molecule has 0 atom stereocenters. The number of carbonyl (C=O) groups is 2. The van der Waals surface area contributed by atoms with Gasteiger partial charge in [0.05, 0.1) is 0 Å². The fraction of sp³-hybridized carbons (Fsp3) is 0.273. The highest BCUT2D eigenvalue weighted by Crippen LogP contribution is 2.15. The van der Waals surface area contributed by atoms with Gasteiger partial charge in [0.15, 0.2) is 6.61 Å². The summed E-state index contributed by atoms with van der Waals surface area (Å²) >= 11 is 5.70. The molecule has 1 aromatic carbocycles. The molecule has 1 aromatic rings. The zero-order valence-corrected chi connectivity index (χ0v) is 10.4. The van der Waals surface area contributed by atoms with E-state index in [2.05, 4.69) is 10.9 Å². The van der Waals surface area contributed by atoms with E-state index in [9.17, 15) is 9.59 Å². The van der Waals surface area contributed by atoms with Crippen LogP contribution in [0.5, 0.6) is 5.75 Å². The second kappa shape index (κ2) is 7.52. The summed E-state index contributed by atoms with van der Waals surface area (Å²) in [5, 5.41) is 0.584. The van der Waals surface area contributed by atoms with Crippen LogP contribution in [0.3, 0.4) is 0 Å². The number of halogens is 1. The summed E-state index contributed by atoms with van der Waals surface area (Å²) in [5.41, 5.74) is 9.59. The van der Waals surface area contributed by atoms with Crippen molar-refractivity contribution in [3.05, 3.63) is 29.3 Å². The molecule has 0 unspecified atom stereocenters. The molecular formula is C11H14ClN3O3. The van der Waals surface area contributed by atoms with E-state index in [1.165, 1.54) is 0 Å². The third-order valence-electron chi connectivity index (χ3n) is 1.90. The maximum Gasteiger partial charge on any atom is 0.276 e. The monoisotopic (exact) mass is 271 g/mol. The molecule has 7 heteroatoms. The van der Waals surface area contributed by atoms with E-state index < -0.39 is 5.91 Å². The molecular weight excluding hydrogens is 258 g/mol. The molecule has 0 saturated carbocycles. The molecule has 0 radical (unpaired) electrons. The van der Waals surface area contributed by atoms with Crippen molar-refractivity contribution < 1.29 is 14.3 Å². The summed E-state index contributed by atoms with van der Waals surface area (Å²) in [6, 6.07) is 6.58. The average Bonchev–Trinajstić information content (AvgIpc) is 2.36.